The highest BCUT2D eigenvalue weighted by atomic mass is 16.5. The monoisotopic (exact) mass is 245 g/mol. The molecule has 0 saturated carbocycles. The SMILES string of the molecule is CC(CN1CCOCC1)n1ncc2ccccc21. The summed E-state index contributed by atoms with van der Waals surface area (Å²) >= 11 is 0. The molecule has 1 atom stereocenters. The summed E-state index contributed by atoms with van der Waals surface area (Å²) in [7, 11) is 0. The number of morpholine rings is 1. The molecule has 3 rings (SSSR count). The van der Waals surface area contributed by atoms with Gasteiger partial charge in [-0.15, -0.1) is 0 Å². The van der Waals surface area contributed by atoms with Crippen LogP contribution >= 0.6 is 0 Å². The minimum Gasteiger partial charge on any atom is -0.379 e. The van der Waals surface area contributed by atoms with Gasteiger partial charge in [-0.3, -0.25) is 9.58 Å². The van der Waals surface area contributed by atoms with E-state index in [0.717, 1.165) is 32.8 Å². The number of rotatable bonds is 3. The summed E-state index contributed by atoms with van der Waals surface area (Å²) in [5.74, 6) is 0. The van der Waals surface area contributed by atoms with Crippen molar-refractivity contribution in [3.8, 4) is 0 Å². The summed E-state index contributed by atoms with van der Waals surface area (Å²) in [6.45, 7) is 7.04. The van der Waals surface area contributed by atoms with E-state index in [4.69, 9.17) is 4.74 Å². The quantitative estimate of drug-likeness (QED) is 0.827. The molecule has 96 valence electrons. The van der Waals surface area contributed by atoms with Gasteiger partial charge in [-0.05, 0) is 13.0 Å². The summed E-state index contributed by atoms with van der Waals surface area (Å²) < 4.78 is 7.51. The second-order valence-electron chi connectivity index (χ2n) is 4.91. The number of nitrogens with zero attached hydrogens (tertiary/aromatic N) is 3. The Morgan fingerprint density at radius 1 is 1.28 bits per heavy atom. The molecule has 0 spiro atoms. The number of hydrogen-bond donors (Lipinski definition) is 0. The standard InChI is InChI=1S/C14H19N3O/c1-12(11-16-6-8-18-9-7-16)17-14-5-3-2-4-13(14)10-15-17/h2-5,10,12H,6-9,11H2,1H3. The number of fused-ring (bicyclic) bond motifs is 1. The zero-order valence-corrected chi connectivity index (χ0v) is 10.7. The third-order valence-corrected chi connectivity index (χ3v) is 3.55. The van der Waals surface area contributed by atoms with Crippen molar-refractivity contribution in [3.05, 3.63) is 30.5 Å². The smallest absolute Gasteiger partial charge is 0.0686 e. The number of ether oxygens (including phenoxy) is 1. The van der Waals surface area contributed by atoms with Gasteiger partial charge in [0.25, 0.3) is 0 Å². The van der Waals surface area contributed by atoms with E-state index in [1.807, 2.05) is 6.20 Å². The number of aromatic nitrogens is 2. The molecule has 1 fully saturated rings. The van der Waals surface area contributed by atoms with Gasteiger partial charge in [0, 0.05) is 25.0 Å². The highest BCUT2D eigenvalue weighted by Crippen LogP contribution is 2.18. The Balaban J connectivity index is 1.76. The molecule has 18 heavy (non-hydrogen) atoms. The van der Waals surface area contributed by atoms with E-state index in [9.17, 15) is 0 Å². The van der Waals surface area contributed by atoms with Gasteiger partial charge in [0.05, 0.1) is 31.0 Å². The van der Waals surface area contributed by atoms with E-state index in [1.165, 1.54) is 10.9 Å². The number of benzene rings is 1. The van der Waals surface area contributed by atoms with E-state index in [-0.39, 0.29) is 0 Å². The molecule has 0 N–H and O–H groups in total. The Bertz CT molecular complexity index is 516. The Labute approximate surface area is 107 Å². The first kappa shape index (κ1) is 11.7. The lowest BCUT2D eigenvalue weighted by Gasteiger charge is -2.29. The highest BCUT2D eigenvalue weighted by molar-refractivity contribution is 5.78. The normalized spacial score (nSPS) is 19.2. The van der Waals surface area contributed by atoms with Crippen LogP contribution in [0.25, 0.3) is 10.9 Å². The van der Waals surface area contributed by atoms with Crippen molar-refractivity contribution >= 4 is 10.9 Å². The van der Waals surface area contributed by atoms with Crippen LogP contribution in [0, 0.1) is 0 Å². The van der Waals surface area contributed by atoms with Crippen LogP contribution in [0.15, 0.2) is 30.5 Å². The van der Waals surface area contributed by atoms with Crippen LogP contribution in [-0.4, -0.2) is 47.5 Å². The topological polar surface area (TPSA) is 30.3 Å². The van der Waals surface area contributed by atoms with Crippen molar-refractivity contribution < 1.29 is 4.74 Å². The molecule has 4 heteroatoms. The van der Waals surface area contributed by atoms with Crippen LogP contribution < -0.4 is 0 Å². The van der Waals surface area contributed by atoms with Crippen LogP contribution in [0.2, 0.25) is 0 Å². The van der Waals surface area contributed by atoms with Crippen molar-refractivity contribution in [1.82, 2.24) is 14.7 Å². The van der Waals surface area contributed by atoms with Crippen LogP contribution in [0.1, 0.15) is 13.0 Å². The fraction of sp³-hybridized carbons (Fsp3) is 0.500. The van der Waals surface area contributed by atoms with E-state index < -0.39 is 0 Å². The maximum atomic E-state index is 5.38. The van der Waals surface area contributed by atoms with Gasteiger partial charge in [0.15, 0.2) is 0 Å². The van der Waals surface area contributed by atoms with Gasteiger partial charge < -0.3 is 4.74 Å². The number of hydrogen-bond acceptors (Lipinski definition) is 3. The van der Waals surface area contributed by atoms with Gasteiger partial charge in [0.1, 0.15) is 0 Å². The van der Waals surface area contributed by atoms with Gasteiger partial charge in [-0.2, -0.15) is 5.10 Å². The summed E-state index contributed by atoms with van der Waals surface area (Å²) in [4.78, 5) is 2.45. The Kier molecular flexibility index (Phi) is 3.30. The minimum atomic E-state index is 0.392. The summed E-state index contributed by atoms with van der Waals surface area (Å²) in [6, 6.07) is 8.77. The zero-order valence-electron chi connectivity index (χ0n) is 10.7. The zero-order chi connectivity index (χ0) is 12.4. The average Bonchev–Trinajstić information content (AvgIpc) is 2.84. The van der Waals surface area contributed by atoms with Crippen LogP contribution in [-0.2, 0) is 4.74 Å². The maximum Gasteiger partial charge on any atom is 0.0686 e. The van der Waals surface area contributed by atoms with Gasteiger partial charge in [0.2, 0.25) is 0 Å². The second-order valence-corrected chi connectivity index (χ2v) is 4.91. The molecule has 1 saturated heterocycles. The lowest BCUT2D eigenvalue weighted by Crippen LogP contribution is -2.39. The molecule has 1 aliphatic heterocycles. The molecule has 1 aromatic heterocycles. The van der Waals surface area contributed by atoms with Gasteiger partial charge in [-0.1, -0.05) is 18.2 Å². The van der Waals surface area contributed by atoms with E-state index in [0.29, 0.717) is 6.04 Å². The molecule has 1 unspecified atom stereocenters. The van der Waals surface area contributed by atoms with Crippen LogP contribution in [0.4, 0.5) is 0 Å². The molecule has 2 aromatic rings. The average molecular weight is 245 g/mol. The predicted octanol–water partition coefficient (Wildman–Crippen LogP) is 1.93. The largest absolute Gasteiger partial charge is 0.379 e. The third kappa shape index (κ3) is 2.26. The summed E-state index contributed by atoms with van der Waals surface area (Å²) in [5.41, 5.74) is 1.22. The Morgan fingerprint density at radius 3 is 2.89 bits per heavy atom. The molecule has 1 aliphatic rings. The van der Waals surface area contributed by atoms with Gasteiger partial charge >= 0.3 is 0 Å². The van der Waals surface area contributed by atoms with E-state index >= 15 is 0 Å². The number of para-hydroxylation sites is 1. The van der Waals surface area contributed by atoms with E-state index in [2.05, 4.69) is 45.9 Å². The molecule has 1 aromatic carbocycles. The van der Waals surface area contributed by atoms with Crippen molar-refractivity contribution in [2.45, 2.75) is 13.0 Å². The van der Waals surface area contributed by atoms with Crippen molar-refractivity contribution in [3.63, 3.8) is 0 Å². The maximum absolute atomic E-state index is 5.38. The molecular weight excluding hydrogens is 226 g/mol. The highest BCUT2D eigenvalue weighted by Gasteiger charge is 2.16. The Hall–Kier alpha value is -1.39. The van der Waals surface area contributed by atoms with E-state index in [1.54, 1.807) is 0 Å². The first-order chi connectivity index (χ1) is 8.84. The second kappa shape index (κ2) is 5.08. The molecule has 4 nitrogen and oxygen atoms in total. The lowest BCUT2D eigenvalue weighted by molar-refractivity contribution is 0.0321. The molecular formula is C14H19N3O. The third-order valence-electron chi connectivity index (χ3n) is 3.55. The predicted molar refractivity (Wildman–Crippen MR) is 71.7 cm³/mol. The Morgan fingerprint density at radius 2 is 2.06 bits per heavy atom. The molecule has 2 heterocycles. The fourth-order valence-corrected chi connectivity index (χ4v) is 2.58. The van der Waals surface area contributed by atoms with Crippen molar-refractivity contribution in [2.24, 2.45) is 0 Å². The molecule has 0 bridgehead atoms. The first-order valence-electron chi connectivity index (χ1n) is 6.57. The molecule has 0 aliphatic carbocycles. The van der Waals surface area contributed by atoms with Crippen molar-refractivity contribution in [1.29, 1.82) is 0 Å². The minimum absolute atomic E-state index is 0.392. The van der Waals surface area contributed by atoms with Gasteiger partial charge in [-0.25, -0.2) is 0 Å². The lowest BCUT2D eigenvalue weighted by atomic mass is 10.2. The molecule has 0 radical (unpaired) electrons. The summed E-state index contributed by atoms with van der Waals surface area (Å²) in [5, 5.41) is 5.73. The van der Waals surface area contributed by atoms with Crippen LogP contribution in [0.5, 0.6) is 0 Å². The fourth-order valence-electron chi connectivity index (χ4n) is 2.58. The summed E-state index contributed by atoms with van der Waals surface area (Å²) in [6.07, 6.45) is 1.95. The molecule has 0 amide bonds. The van der Waals surface area contributed by atoms with Crippen LogP contribution in [0.3, 0.4) is 0 Å². The first-order valence-corrected chi connectivity index (χ1v) is 6.57. The van der Waals surface area contributed by atoms with Crippen molar-refractivity contribution in [2.75, 3.05) is 32.8 Å².